The summed E-state index contributed by atoms with van der Waals surface area (Å²) in [4.78, 5) is 23.9. The third-order valence-electron chi connectivity index (χ3n) is 2.62. The lowest BCUT2D eigenvalue weighted by atomic mass is 10.2. The van der Waals surface area contributed by atoms with Gasteiger partial charge in [-0.15, -0.1) is 0 Å². The van der Waals surface area contributed by atoms with Crippen molar-refractivity contribution in [1.82, 2.24) is 15.4 Å². The van der Waals surface area contributed by atoms with Crippen LogP contribution in [0.15, 0.2) is 36.8 Å². The van der Waals surface area contributed by atoms with Crippen LogP contribution >= 0.6 is 11.6 Å². The number of H-pyrrole nitrogens is 1. The number of halogens is 1. The van der Waals surface area contributed by atoms with Gasteiger partial charge >= 0.3 is 6.03 Å². The number of urea groups is 1. The van der Waals surface area contributed by atoms with Crippen molar-refractivity contribution >= 4 is 23.3 Å². The molecule has 0 saturated carbocycles. The van der Waals surface area contributed by atoms with Crippen LogP contribution in [0, 0.1) is 0 Å². The van der Waals surface area contributed by atoms with Gasteiger partial charge in [-0.25, -0.2) is 15.3 Å². The van der Waals surface area contributed by atoms with Gasteiger partial charge in [0.05, 0.1) is 12.0 Å². The quantitative estimate of drug-likeness (QED) is 0.741. The van der Waals surface area contributed by atoms with Crippen LogP contribution in [0.4, 0.5) is 10.5 Å². The summed E-state index contributed by atoms with van der Waals surface area (Å²) < 4.78 is 0. The van der Waals surface area contributed by atoms with Crippen LogP contribution in [-0.2, 0) is 4.84 Å². The number of hydrogen-bond donors (Lipinski definition) is 3. The van der Waals surface area contributed by atoms with Crippen LogP contribution in [-0.4, -0.2) is 16.0 Å². The van der Waals surface area contributed by atoms with Crippen LogP contribution in [0.1, 0.15) is 25.1 Å². The van der Waals surface area contributed by atoms with Gasteiger partial charge in [0.25, 0.3) is 0 Å². The number of hydrogen-bond acceptors (Lipinski definition) is 3. The lowest BCUT2D eigenvalue weighted by molar-refractivity contribution is -0.00661. The molecule has 20 heavy (non-hydrogen) atoms. The molecule has 0 fully saturated rings. The molecule has 6 nitrogen and oxygen atoms in total. The fourth-order valence-electron chi connectivity index (χ4n) is 1.62. The molecular weight excluding hydrogens is 280 g/mol. The highest BCUT2D eigenvalue weighted by molar-refractivity contribution is 6.30. The van der Waals surface area contributed by atoms with E-state index in [1.54, 1.807) is 36.8 Å². The SMILES string of the molecule is CCC(ONC(=O)Nc1ccc(Cl)cc1)c1c[nH]cn1. The summed E-state index contributed by atoms with van der Waals surface area (Å²) in [6.45, 7) is 1.94. The molecule has 0 radical (unpaired) electrons. The molecule has 1 unspecified atom stereocenters. The van der Waals surface area contributed by atoms with Crippen molar-refractivity contribution in [3.63, 3.8) is 0 Å². The lowest BCUT2D eigenvalue weighted by Crippen LogP contribution is -2.30. The van der Waals surface area contributed by atoms with Gasteiger partial charge in [-0.05, 0) is 30.7 Å². The predicted molar refractivity (Wildman–Crippen MR) is 76.3 cm³/mol. The van der Waals surface area contributed by atoms with Crippen LogP contribution in [0.5, 0.6) is 0 Å². The molecule has 1 aromatic heterocycles. The summed E-state index contributed by atoms with van der Waals surface area (Å²) in [5.74, 6) is 0. The van der Waals surface area contributed by atoms with Gasteiger partial charge in [0, 0.05) is 16.9 Å². The van der Waals surface area contributed by atoms with Gasteiger partial charge < -0.3 is 10.3 Å². The van der Waals surface area contributed by atoms with Crippen molar-refractivity contribution in [3.05, 3.63) is 47.5 Å². The minimum atomic E-state index is -0.457. The second-order valence-corrected chi connectivity index (χ2v) is 4.51. The molecule has 0 aliphatic rings. The average Bonchev–Trinajstić information content (AvgIpc) is 2.96. The van der Waals surface area contributed by atoms with E-state index in [1.807, 2.05) is 6.92 Å². The number of amides is 2. The number of rotatable bonds is 5. The Morgan fingerprint density at radius 1 is 1.45 bits per heavy atom. The zero-order valence-electron chi connectivity index (χ0n) is 10.9. The highest BCUT2D eigenvalue weighted by Crippen LogP contribution is 2.17. The smallest absolute Gasteiger partial charge is 0.343 e. The molecule has 1 atom stereocenters. The van der Waals surface area contributed by atoms with Gasteiger partial charge in [-0.3, -0.25) is 4.84 Å². The Morgan fingerprint density at radius 3 is 2.80 bits per heavy atom. The molecule has 106 valence electrons. The first-order chi connectivity index (χ1) is 9.69. The molecule has 0 aliphatic heterocycles. The monoisotopic (exact) mass is 294 g/mol. The standard InChI is InChI=1S/C13H15ClN4O2/c1-2-12(11-7-15-8-16-11)20-18-13(19)17-10-5-3-9(14)4-6-10/h3-8,12H,2H2,1H3,(H,15,16)(H2,17,18,19). The van der Waals surface area contributed by atoms with Crippen molar-refractivity contribution in [2.24, 2.45) is 0 Å². The number of imidazole rings is 1. The summed E-state index contributed by atoms with van der Waals surface area (Å²) in [5.41, 5.74) is 3.71. The van der Waals surface area contributed by atoms with E-state index in [4.69, 9.17) is 16.4 Å². The number of nitrogens with one attached hydrogen (secondary N) is 3. The van der Waals surface area contributed by atoms with Crippen LogP contribution in [0.3, 0.4) is 0 Å². The number of carbonyl (C=O) groups is 1. The average molecular weight is 295 g/mol. The van der Waals surface area contributed by atoms with E-state index in [0.717, 1.165) is 5.69 Å². The number of hydroxylamine groups is 1. The van der Waals surface area contributed by atoms with E-state index >= 15 is 0 Å². The van der Waals surface area contributed by atoms with Crippen LogP contribution < -0.4 is 10.8 Å². The van der Waals surface area contributed by atoms with E-state index in [-0.39, 0.29) is 6.10 Å². The van der Waals surface area contributed by atoms with E-state index in [9.17, 15) is 4.79 Å². The van der Waals surface area contributed by atoms with E-state index in [0.29, 0.717) is 17.1 Å². The molecule has 2 rings (SSSR count). The molecular formula is C13H15ClN4O2. The maximum atomic E-state index is 11.7. The molecule has 0 saturated heterocycles. The molecule has 1 aromatic carbocycles. The molecule has 1 heterocycles. The van der Waals surface area contributed by atoms with Crippen molar-refractivity contribution in [2.45, 2.75) is 19.4 Å². The summed E-state index contributed by atoms with van der Waals surface area (Å²) in [7, 11) is 0. The lowest BCUT2D eigenvalue weighted by Gasteiger charge is -2.14. The molecule has 2 amide bonds. The summed E-state index contributed by atoms with van der Waals surface area (Å²) in [6.07, 6.45) is 3.69. The first kappa shape index (κ1) is 14.4. The van der Waals surface area contributed by atoms with Crippen LogP contribution in [0.2, 0.25) is 5.02 Å². The highest BCUT2D eigenvalue weighted by Gasteiger charge is 2.13. The van der Waals surface area contributed by atoms with E-state index in [2.05, 4.69) is 20.8 Å². The van der Waals surface area contributed by atoms with E-state index in [1.165, 1.54) is 0 Å². The Labute approximate surface area is 121 Å². The minimum absolute atomic E-state index is 0.294. The molecule has 2 aromatic rings. The number of carbonyl (C=O) groups excluding carboxylic acids is 1. The molecule has 3 N–H and O–H groups in total. The maximum absolute atomic E-state index is 11.7. The van der Waals surface area contributed by atoms with Gasteiger partial charge in [-0.2, -0.15) is 0 Å². The Hall–Kier alpha value is -2.05. The number of aromatic amines is 1. The van der Waals surface area contributed by atoms with Gasteiger partial charge in [-0.1, -0.05) is 18.5 Å². The van der Waals surface area contributed by atoms with E-state index < -0.39 is 6.03 Å². The molecule has 0 bridgehead atoms. The minimum Gasteiger partial charge on any atom is -0.351 e. The molecule has 7 heteroatoms. The summed E-state index contributed by atoms with van der Waals surface area (Å²) >= 11 is 5.76. The van der Waals surface area contributed by atoms with Crippen molar-refractivity contribution in [1.29, 1.82) is 0 Å². The summed E-state index contributed by atoms with van der Waals surface area (Å²) in [6, 6.07) is 6.33. The predicted octanol–water partition coefficient (Wildman–Crippen LogP) is 3.27. The van der Waals surface area contributed by atoms with Gasteiger partial charge in [0.1, 0.15) is 6.10 Å². The Bertz CT molecular complexity index is 542. The fourth-order valence-corrected chi connectivity index (χ4v) is 1.74. The largest absolute Gasteiger partial charge is 0.351 e. The number of benzene rings is 1. The normalized spacial score (nSPS) is 11.9. The maximum Gasteiger partial charge on any atom is 0.343 e. The fraction of sp³-hybridized carbons (Fsp3) is 0.231. The third-order valence-corrected chi connectivity index (χ3v) is 2.87. The van der Waals surface area contributed by atoms with Crippen LogP contribution in [0.25, 0.3) is 0 Å². The second-order valence-electron chi connectivity index (χ2n) is 4.07. The first-order valence-electron chi connectivity index (χ1n) is 6.16. The number of anilines is 1. The van der Waals surface area contributed by atoms with Gasteiger partial charge in [0.2, 0.25) is 0 Å². The van der Waals surface area contributed by atoms with Crippen molar-refractivity contribution < 1.29 is 9.63 Å². The zero-order valence-corrected chi connectivity index (χ0v) is 11.6. The Kier molecular flexibility index (Phi) is 4.97. The van der Waals surface area contributed by atoms with Crippen molar-refractivity contribution in [3.8, 4) is 0 Å². The summed E-state index contributed by atoms with van der Waals surface area (Å²) in [5, 5.41) is 3.24. The second kappa shape index (κ2) is 6.93. The van der Waals surface area contributed by atoms with Gasteiger partial charge in [0.15, 0.2) is 0 Å². The number of aromatic nitrogens is 2. The zero-order chi connectivity index (χ0) is 14.4. The molecule has 0 spiro atoms. The Morgan fingerprint density at radius 2 is 2.20 bits per heavy atom. The number of nitrogens with zero attached hydrogens (tertiary/aromatic N) is 1. The first-order valence-corrected chi connectivity index (χ1v) is 6.53. The van der Waals surface area contributed by atoms with Crippen molar-refractivity contribution in [2.75, 3.05) is 5.32 Å². The Balaban J connectivity index is 1.84. The molecule has 0 aliphatic carbocycles. The third kappa shape index (κ3) is 3.97. The topological polar surface area (TPSA) is 79.0 Å². The highest BCUT2D eigenvalue weighted by atomic mass is 35.5.